The van der Waals surface area contributed by atoms with Crippen LogP contribution in [0.1, 0.15) is 0 Å². The molecule has 1 saturated heterocycles. The Morgan fingerprint density at radius 2 is 2.00 bits per heavy atom. The van der Waals surface area contributed by atoms with Gasteiger partial charge in [-0.25, -0.2) is 4.79 Å². The highest BCUT2D eigenvalue weighted by molar-refractivity contribution is 6.30. The minimum absolute atomic E-state index is 0. The topological polar surface area (TPSA) is 63.7 Å². The summed E-state index contributed by atoms with van der Waals surface area (Å²) in [4.78, 5) is 18.1. The number of piperazine rings is 1. The van der Waals surface area contributed by atoms with Crippen LogP contribution in [0, 0.1) is 0 Å². The molecule has 2 aromatic rings. The zero-order valence-corrected chi connectivity index (χ0v) is 16.2. The Hall–Kier alpha value is -1.73. The van der Waals surface area contributed by atoms with Crippen molar-refractivity contribution in [1.29, 1.82) is 0 Å². The number of pyridine rings is 1. The summed E-state index contributed by atoms with van der Waals surface area (Å²) in [5.41, 5.74) is 0. The fourth-order valence-corrected chi connectivity index (χ4v) is 2.56. The standard InChI is InChI=1S/C17H18ClN3O3.2ClH/c18-13-3-5-15(6-4-13)24-17(22)21-9-8-20-10-14(21)12-23-16-2-1-7-19-11-16;;/h1-7,11,14,20H,8-10,12H2;2*1H. The van der Waals surface area contributed by atoms with Gasteiger partial charge in [0.05, 0.1) is 12.2 Å². The monoisotopic (exact) mass is 419 g/mol. The molecule has 3 rings (SSSR count). The molecular weight excluding hydrogens is 401 g/mol. The molecule has 6 nitrogen and oxygen atoms in total. The number of ether oxygens (including phenoxy) is 2. The van der Waals surface area contributed by atoms with Crippen molar-refractivity contribution in [2.75, 3.05) is 26.2 Å². The maximum Gasteiger partial charge on any atom is 0.415 e. The molecule has 142 valence electrons. The van der Waals surface area contributed by atoms with Crippen molar-refractivity contribution in [3.63, 3.8) is 0 Å². The van der Waals surface area contributed by atoms with Gasteiger partial charge in [-0.3, -0.25) is 9.88 Å². The number of aromatic nitrogens is 1. The van der Waals surface area contributed by atoms with Crippen LogP contribution in [0.2, 0.25) is 5.02 Å². The Morgan fingerprint density at radius 3 is 2.69 bits per heavy atom. The Labute approximate surface area is 169 Å². The van der Waals surface area contributed by atoms with E-state index in [1.165, 1.54) is 0 Å². The SMILES string of the molecule is Cl.Cl.O=C(Oc1ccc(Cl)cc1)N1CCNCC1COc1cccnc1. The minimum Gasteiger partial charge on any atom is -0.490 e. The average Bonchev–Trinajstić information content (AvgIpc) is 2.63. The number of nitrogens with one attached hydrogen (secondary N) is 1. The molecule has 1 aromatic carbocycles. The first-order chi connectivity index (χ1) is 11.7. The van der Waals surface area contributed by atoms with Gasteiger partial charge >= 0.3 is 6.09 Å². The summed E-state index contributed by atoms with van der Waals surface area (Å²) in [6.07, 6.45) is 2.94. The van der Waals surface area contributed by atoms with Crippen molar-refractivity contribution in [2.45, 2.75) is 6.04 Å². The maximum atomic E-state index is 12.4. The first-order valence-corrected chi connectivity index (χ1v) is 8.08. The lowest BCUT2D eigenvalue weighted by atomic mass is 10.2. The Kier molecular flexibility index (Phi) is 9.51. The van der Waals surface area contributed by atoms with E-state index in [1.54, 1.807) is 47.6 Å². The number of nitrogens with zero attached hydrogens (tertiary/aromatic N) is 2. The summed E-state index contributed by atoms with van der Waals surface area (Å²) in [6, 6.07) is 10.2. The van der Waals surface area contributed by atoms with Crippen molar-refractivity contribution in [2.24, 2.45) is 0 Å². The molecule has 0 spiro atoms. The lowest BCUT2D eigenvalue weighted by molar-refractivity contribution is 0.0953. The zero-order chi connectivity index (χ0) is 16.8. The molecule has 0 radical (unpaired) electrons. The van der Waals surface area contributed by atoms with E-state index < -0.39 is 6.09 Å². The molecule has 1 aromatic heterocycles. The molecule has 1 N–H and O–H groups in total. The van der Waals surface area contributed by atoms with Gasteiger partial charge in [-0.1, -0.05) is 11.6 Å². The molecule has 0 bridgehead atoms. The van der Waals surface area contributed by atoms with E-state index in [2.05, 4.69) is 10.3 Å². The van der Waals surface area contributed by atoms with E-state index in [0.717, 1.165) is 6.54 Å². The average molecular weight is 421 g/mol. The van der Waals surface area contributed by atoms with Crippen molar-refractivity contribution in [3.05, 3.63) is 53.8 Å². The van der Waals surface area contributed by atoms with Crippen LogP contribution in [0.3, 0.4) is 0 Å². The van der Waals surface area contributed by atoms with E-state index in [0.29, 0.717) is 36.2 Å². The van der Waals surface area contributed by atoms with Crippen LogP contribution in [0.4, 0.5) is 4.79 Å². The molecule has 1 unspecified atom stereocenters. The fourth-order valence-electron chi connectivity index (χ4n) is 2.44. The smallest absolute Gasteiger partial charge is 0.415 e. The number of benzene rings is 1. The predicted octanol–water partition coefficient (Wildman–Crippen LogP) is 3.43. The predicted molar refractivity (Wildman–Crippen MR) is 105 cm³/mol. The summed E-state index contributed by atoms with van der Waals surface area (Å²) in [7, 11) is 0. The second-order valence-corrected chi connectivity index (χ2v) is 5.81. The third-order valence-electron chi connectivity index (χ3n) is 3.68. The molecule has 1 aliphatic rings. The van der Waals surface area contributed by atoms with E-state index in [9.17, 15) is 4.79 Å². The maximum absolute atomic E-state index is 12.4. The molecule has 1 amide bonds. The van der Waals surface area contributed by atoms with Crippen LogP contribution in [-0.4, -0.2) is 48.3 Å². The Balaban J connectivity index is 0.00000169. The van der Waals surface area contributed by atoms with Crippen molar-refractivity contribution in [1.82, 2.24) is 15.2 Å². The number of amides is 1. The third kappa shape index (κ3) is 6.21. The second kappa shape index (κ2) is 11.1. The lowest BCUT2D eigenvalue weighted by Gasteiger charge is -2.35. The molecule has 1 fully saturated rings. The van der Waals surface area contributed by atoms with Gasteiger partial charge in [0, 0.05) is 30.9 Å². The van der Waals surface area contributed by atoms with Crippen LogP contribution in [0.25, 0.3) is 0 Å². The molecule has 0 saturated carbocycles. The van der Waals surface area contributed by atoms with Crippen LogP contribution in [-0.2, 0) is 0 Å². The lowest BCUT2D eigenvalue weighted by Crippen LogP contribution is -2.56. The van der Waals surface area contributed by atoms with Gasteiger partial charge < -0.3 is 14.8 Å². The van der Waals surface area contributed by atoms with E-state index in [-0.39, 0.29) is 30.9 Å². The van der Waals surface area contributed by atoms with E-state index in [1.807, 2.05) is 6.07 Å². The number of rotatable bonds is 4. The highest BCUT2D eigenvalue weighted by Gasteiger charge is 2.28. The molecule has 1 atom stereocenters. The van der Waals surface area contributed by atoms with E-state index >= 15 is 0 Å². The summed E-state index contributed by atoms with van der Waals surface area (Å²) >= 11 is 5.84. The Bertz CT molecular complexity index is 674. The summed E-state index contributed by atoms with van der Waals surface area (Å²) < 4.78 is 11.1. The van der Waals surface area contributed by atoms with Crippen molar-refractivity contribution < 1.29 is 14.3 Å². The molecule has 1 aliphatic heterocycles. The van der Waals surface area contributed by atoms with Gasteiger partial charge in [0.2, 0.25) is 0 Å². The summed E-state index contributed by atoms with van der Waals surface area (Å²) in [5, 5.41) is 3.86. The van der Waals surface area contributed by atoms with Crippen LogP contribution in [0.15, 0.2) is 48.8 Å². The van der Waals surface area contributed by atoms with Crippen LogP contribution >= 0.6 is 36.4 Å². The number of carbonyl (C=O) groups is 1. The zero-order valence-electron chi connectivity index (χ0n) is 13.8. The number of halogens is 3. The van der Waals surface area contributed by atoms with E-state index in [4.69, 9.17) is 21.1 Å². The molecule has 26 heavy (non-hydrogen) atoms. The van der Waals surface area contributed by atoms with Gasteiger partial charge in [0.1, 0.15) is 18.1 Å². The number of hydrogen-bond donors (Lipinski definition) is 1. The molecular formula is C17H20Cl3N3O3. The minimum atomic E-state index is -0.390. The normalized spacial score (nSPS) is 16.0. The van der Waals surface area contributed by atoms with Gasteiger partial charge in [-0.2, -0.15) is 0 Å². The highest BCUT2D eigenvalue weighted by atomic mass is 35.5. The fraction of sp³-hybridized carbons (Fsp3) is 0.294. The second-order valence-electron chi connectivity index (χ2n) is 5.37. The number of carbonyl (C=O) groups excluding carboxylic acids is 1. The largest absolute Gasteiger partial charge is 0.490 e. The van der Waals surface area contributed by atoms with Gasteiger partial charge in [0.15, 0.2) is 0 Å². The van der Waals surface area contributed by atoms with Crippen LogP contribution < -0.4 is 14.8 Å². The van der Waals surface area contributed by atoms with Gasteiger partial charge in [-0.05, 0) is 36.4 Å². The molecule has 2 heterocycles. The third-order valence-corrected chi connectivity index (χ3v) is 3.93. The quantitative estimate of drug-likeness (QED) is 0.821. The van der Waals surface area contributed by atoms with Crippen LogP contribution in [0.5, 0.6) is 11.5 Å². The molecule has 0 aliphatic carbocycles. The Morgan fingerprint density at radius 1 is 1.23 bits per heavy atom. The summed E-state index contributed by atoms with van der Waals surface area (Å²) in [6.45, 7) is 2.30. The van der Waals surface area contributed by atoms with Crippen molar-refractivity contribution >= 4 is 42.5 Å². The first-order valence-electron chi connectivity index (χ1n) is 7.70. The van der Waals surface area contributed by atoms with Gasteiger partial charge in [0.25, 0.3) is 0 Å². The number of hydrogen-bond acceptors (Lipinski definition) is 5. The van der Waals surface area contributed by atoms with Gasteiger partial charge in [-0.15, -0.1) is 24.8 Å². The highest BCUT2D eigenvalue weighted by Crippen LogP contribution is 2.18. The molecule has 9 heteroatoms. The first kappa shape index (κ1) is 22.3. The van der Waals surface area contributed by atoms with Crippen molar-refractivity contribution in [3.8, 4) is 11.5 Å². The summed E-state index contributed by atoms with van der Waals surface area (Å²) in [5.74, 6) is 1.14.